The molecule has 1 aromatic heterocycles. The molecule has 17 heavy (non-hydrogen) atoms. The van der Waals surface area contributed by atoms with E-state index in [-0.39, 0.29) is 11.3 Å². The summed E-state index contributed by atoms with van der Waals surface area (Å²) in [4.78, 5) is 3.95. The van der Waals surface area contributed by atoms with Gasteiger partial charge in [0.1, 0.15) is 5.59 Å². The highest BCUT2D eigenvalue weighted by atomic mass is 19.1. The van der Waals surface area contributed by atoms with Crippen LogP contribution >= 0.6 is 0 Å². The van der Waals surface area contributed by atoms with E-state index < -0.39 is 24.1 Å². The number of aromatic nitrogens is 1. The third-order valence-electron chi connectivity index (χ3n) is 3.42. The highest BCUT2D eigenvalue weighted by molar-refractivity contribution is 6.61. The molecule has 0 aliphatic carbocycles. The van der Waals surface area contributed by atoms with Crippen LogP contribution < -0.4 is 11.3 Å². The van der Waals surface area contributed by atoms with Gasteiger partial charge in [-0.15, -0.1) is 0 Å². The van der Waals surface area contributed by atoms with Crippen molar-refractivity contribution >= 4 is 18.4 Å². The van der Waals surface area contributed by atoms with Gasteiger partial charge in [0.05, 0.1) is 16.9 Å². The smallest absolute Gasteiger partial charge is 0.398 e. The van der Waals surface area contributed by atoms with Gasteiger partial charge in [0.2, 0.25) is 0 Å². The molecule has 1 aliphatic rings. The van der Waals surface area contributed by atoms with Gasteiger partial charge in [0, 0.05) is 6.20 Å². The van der Waals surface area contributed by atoms with Gasteiger partial charge < -0.3 is 15.0 Å². The van der Waals surface area contributed by atoms with Crippen molar-refractivity contribution < 1.29 is 13.7 Å². The first kappa shape index (κ1) is 12.3. The summed E-state index contributed by atoms with van der Waals surface area (Å²) in [5.74, 6) is -0.578. The molecule has 0 atom stereocenters. The molecule has 0 saturated carbocycles. The van der Waals surface area contributed by atoms with Crippen LogP contribution in [-0.2, 0) is 9.31 Å². The maximum absolute atomic E-state index is 13.8. The van der Waals surface area contributed by atoms with E-state index in [1.807, 2.05) is 27.7 Å². The predicted molar refractivity (Wildman–Crippen MR) is 64.3 cm³/mol. The van der Waals surface area contributed by atoms with Crippen LogP contribution in [0.1, 0.15) is 27.7 Å². The standard InChI is InChI=1S/C11H16BFN2O2/c1-10(2)11(3,4)17-12(16-10)9-8(13)7(14)5-6-15-9/h5-6H,1-4H3,(H2,14,15). The number of anilines is 1. The molecule has 0 radical (unpaired) electrons. The van der Waals surface area contributed by atoms with Crippen LogP contribution in [0.5, 0.6) is 0 Å². The number of pyridine rings is 1. The minimum Gasteiger partial charge on any atom is -0.398 e. The summed E-state index contributed by atoms with van der Waals surface area (Å²) in [6, 6.07) is 1.41. The quantitative estimate of drug-likeness (QED) is 0.744. The van der Waals surface area contributed by atoms with Crippen molar-refractivity contribution in [1.82, 2.24) is 4.98 Å². The zero-order chi connectivity index (χ0) is 12.8. The first-order valence-corrected chi connectivity index (χ1v) is 5.50. The Labute approximate surface area is 100 Å². The zero-order valence-corrected chi connectivity index (χ0v) is 10.5. The maximum Gasteiger partial charge on any atom is 0.517 e. The van der Waals surface area contributed by atoms with E-state index in [2.05, 4.69) is 4.98 Å². The minimum absolute atomic E-state index is 0.0460. The SMILES string of the molecule is CC1(C)OB(c2nccc(N)c2F)OC1(C)C. The lowest BCUT2D eigenvalue weighted by atomic mass is 9.83. The van der Waals surface area contributed by atoms with Gasteiger partial charge in [-0.2, -0.15) is 0 Å². The molecule has 1 saturated heterocycles. The van der Waals surface area contributed by atoms with E-state index in [0.29, 0.717) is 0 Å². The van der Waals surface area contributed by atoms with Crippen molar-refractivity contribution in [3.05, 3.63) is 18.1 Å². The second-order valence-corrected chi connectivity index (χ2v) is 5.19. The molecule has 1 aliphatic heterocycles. The van der Waals surface area contributed by atoms with Crippen molar-refractivity contribution in [3.8, 4) is 0 Å². The summed E-state index contributed by atoms with van der Waals surface area (Å²) in [6.07, 6.45) is 1.44. The largest absolute Gasteiger partial charge is 0.517 e. The molecule has 2 N–H and O–H groups in total. The first-order chi connectivity index (χ1) is 7.74. The highest BCUT2D eigenvalue weighted by Crippen LogP contribution is 2.36. The van der Waals surface area contributed by atoms with Gasteiger partial charge >= 0.3 is 7.12 Å². The van der Waals surface area contributed by atoms with E-state index >= 15 is 0 Å². The molecule has 4 nitrogen and oxygen atoms in total. The summed E-state index contributed by atoms with van der Waals surface area (Å²) in [5, 5.41) is 0. The number of nitrogens with two attached hydrogens (primary N) is 1. The Kier molecular flexibility index (Phi) is 2.67. The van der Waals surface area contributed by atoms with E-state index in [1.165, 1.54) is 12.3 Å². The summed E-state index contributed by atoms with van der Waals surface area (Å²) in [5.41, 5.74) is 4.61. The molecule has 2 heterocycles. The van der Waals surface area contributed by atoms with Crippen molar-refractivity contribution in [1.29, 1.82) is 0 Å². The van der Waals surface area contributed by atoms with Gasteiger partial charge in [0.15, 0.2) is 5.82 Å². The fourth-order valence-corrected chi connectivity index (χ4v) is 1.59. The number of hydrogen-bond acceptors (Lipinski definition) is 4. The number of rotatable bonds is 1. The molecule has 2 rings (SSSR count). The summed E-state index contributed by atoms with van der Waals surface area (Å²) in [7, 11) is -0.816. The molecule has 0 unspecified atom stereocenters. The first-order valence-electron chi connectivity index (χ1n) is 5.50. The van der Waals surface area contributed by atoms with Crippen molar-refractivity contribution in [2.24, 2.45) is 0 Å². The second-order valence-electron chi connectivity index (χ2n) is 5.19. The van der Waals surface area contributed by atoms with E-state index in [1.54, 1.807) is 0 Å². The zero-order valence-electron chi connectivity index (χ0n) is 10.5. The van der Waals surface area contributed by atoms with Crippen LogP contribution in [0.25, 0.3) is 0 Å². The summed E-state index contributed by atoms with van der Waals surface area (Å²) < 4.78 is 25.2. The van der Waals surface area contributed by atoms with Gasteiger partial charge in [0.25, 0.3) is 0 Å². The Morgan fingerprint density at radius 3 is 2.29 bits per heavy atom. The lowest BCUT2D eigenvalue weighted by Gasteiger charge is -2.32. The van der Waals surface area contributed by atoms with Crippen LogP contribution in [0.4, 0.5) is 10.1 Å². The number of halogens is 1. The molecule has 6 heteroatoms. The minimum atomic E-state index is -0.816. The van der Waals surface area contributed by atoms with Gasteiger partial charge in [-0.05, 0) is 33.8 Å². The van der Waals surface area contributed by atoms with Gasteiger partial charge in [-0.1, -0.05) is 0 Å². The Hall–Kier alpha value is -1.14. The molecule has 1 aromatic rings. The van der Waals surface area contributed by atoms with E-state index in [9.17, 15) is 4.39 Å². The third-order valence-corrected chi connectivity index (χ3v) is 3.42. The molecule has 0 amide bonds. The summed E-state index contributed by atoms with van der Waals surface area (Å²) in [6.45, 7) is 7.60. The number of nitrogen functional groups attached to an aromatic ring is 1. The van der Waals surface area contributed by atoms with Crippen LogP contribution in [0.3, 0.4) is 0 Å². The van der Waals surface area contributed by atoms with Crippen molar-refractivity contribution in [2.75, 3.05) is 5.73 Å². The average molecular weight is 238 g/mol. The monoisotopic (exact) mass is 238 g/mol. The van der Waals surface area contributed by atoms with E-state index in [4.69, 9.17) is 15.0 Å². The lowest BCUT2D eigenvalue weighted by molar-refractivity contribution is 0.00578. The van der Waals surface area contributed by atoms with Crippen LogP contribution in [0.2, 0.25) is 0 Å². The predicted octanol–water partition coefficient (Wildman–Crippen LogP) is 1.10. The number of nitrogens with zero attached hydrogens (tertiary/aromatic N) is 1. The van der Waals surface area contributed by atoms with E-state index in [0.717, 1.165) is 0 Å². The lowest BCUT2D eigenvalue weighted by Crippen LogP contribution is -2.41. The molecule has 0 bridgehead atoms. The Bertz CT molecular complexity index is 435. The summed E-state index contributed by atoms with van der Waals surface area (Å²) >= 11 is 0. The van der Waals surface area contributed by atoms with Crippen molar-refractivity contribution in [2.45, 2.75) is 38.9 Å². The highest BCUT2D eigenvalue weighted by Gasteiger charge is 2.53. The van der Waals surface area contributed by atoms with Crippen LogP contribution in [-0.4, -0.2) is 23.3 Å². The third kappa shape index (κ3) is 1.91. The molecule has 92 valence electrons. The Morgan fingerprint density at radius 2 is 1.76 bits per heavy atom. The molecule has 1 fully saturated rings. The fraction of sp³-hybridized carbons (Fsp3) is 0.545. The molecular formula is C11H16BFN2O2. The average Bonchev–Trinajstić information content (AvgIpc) is 2.40. The molecular weight excluding hydrogens is 222 g/mol. The normalized spacial score (nSPS) is 21.8. The molecule has 0 aromatic carbocycles. The van der Waals surface area contributed by atoms with Crippen LogP contribution in [0, 0.1) is 5.82 Å². The Morgan fingerprint density at radius 1 is 1.24 bits per heavy atom. The molecule has 0 spiro atoms. The Balaban J connectivity index is 2.36. The number of hydrogen-bond donors (Lipinski definition) is 1. The fourth-order valence-electron chi connectivity index (χ4n) is 1.59. The van der Waals surface area contributed by atoms with Crippen molar-refractivity contribution in [3.63, 3.8) is 0 Å². The maximum atomic E-state index is 13.8. The van der Waals surface area contributed by atoms with Gasteiger partial charge in [-0.3, -0.25) is 4.98 Å². The van der Waals surface area contributed by atoms with Gasteiger partial charge in [-0.25, -0.2) is 4.39 Å². The van der Waals surface area contributed by atoms with Crippen LogP contribution in [0.15, 0.2) is 12.3 Å². The topological polar surface area (TPSA) is 57.4 Å². The second kappa shape index (κ2) is 3.68.